The third-order valence-electron chi connectivity index (χ3n) is 6.21. The molecular weight excluding hydrogens is 445 g/mol. The van der Waals surface area contributed by atoms with E-state index in [9.17, 15) is 14.0 Å². The Balaban J connectivity index is 1.48. The molecule has 5 rings (SSSR count). The van der Waals surface area contributed by atoms with E-state index in [1.54, 1.807) is 4.57 Å². The Hall–Kier alpha value is -4.26. The molecule has 0 radical (unpaired) electrons. The third kappa shape index (κ3) is 4.57. The van der Waals surface area contributed by atoms with Crippen LogP contribution >= 0.6 is 0 Å². The predicted molar refractivity (Wildman–Crippen MR) is 130 cm³/mol. The molecule has 1 amide bonds. The van der Waals surface area contributed by atoms with E-state index in [-0.39, 0.29) is 23.9 Å². The maximum Gasteiger partial charge on any atom is 0.415 e. The van der Waals surface area contributed by atoms with Crippen LogP contribution < -0.4 is 10.3 Å². The number of aromatic nitrogens is 2. The fourth-order valence-corrected chi connectivity index (χ4v) is 4.51. The highest BCUT2D eigenvalue weighted by atomic mass is 19.1. The van der Waals surface area contributed by atoms with Gasteiger partial charge in [-0.3, -0.25) is 9.36 Å². The minimum Gasteiger partial charge on any atom is -0.410 e. The summed E-state index contributed by atoms with van der Waals surface area (Å²) in [5, 5.41) is 0. The predicted octanol–water partition coefficient (Wildman–Crippen LogP) is 4.89. The van der Waals surface area contributed by atoms with Gasteiger partial charge in [0.1, 0.15) is 17.4 Å². The van der Waals surface area contributed by atoms with Crippen LogP contribution in [0.5, 0.6) is 5.75 Å². The Kier molecular flexibility index (Phi) is 6.14. The maximum atomic E-state index is 13.8. The number of amides is 1. The molecule has 176 valence electrons. The summed E-state index contributed by atoms with van der Waals surface area (Å²) in [5.41, 5.74) is 3.07. The van der Waals surface area contributed by atoms with E-state index >= 15 is 0 Å². The molecule has 1 aliphatic heterocycles. The molecule has 0 spiro atoms. The Labute approximate surface area is 202 Å². The molecule has 6 nitrogen and oxygen atoms in total. The number of hydrogen-bond donors (Lipinski definition) is 0. The molecule has 2 heterocycles. The second kappa shape index (κ2) is 9.54. The largest absolute Gasteiger partial charge is 0.415 e. The van der Waals surface area contributed by atoms with Crippen LogP contribution in [-0.2, 0) is 13.0 Å². The molecule has 0 bridgehead atoms. The molecular formula is C28H24FN3O3. The molecule has 7 heteroatoms. The summed E-state index contributed by atoms with van der Waals surface area (Å²) in [5.74, 6) is 0.424. The monoisotopic (exact) mass is 469 g/mol. The number of benzene rings is 3. The normalized spacial score (nSPS) is 12.9. The number of aryl methyl sites for hydroxylation is 1. The van der Waals surface area contributed by atoms with Crippen LogP contribution in [-0.4, -0.2) is 27.1 Å². The van der Waals surface area contributed by atoms with Gasteiger partial charge in [0.2, 0.25) is 0 Å². The molecule has 1 aromatic heterocycles. The lowest BCUT2D eigenvalue weighted by Gasteiger charge is -2.30. The zero-order valence-corrected chi connectivity index (χ0v) is 19.2. The van der Waals surface area contributed by atoms with E-state index in [2.05, 4.69) is 0 Å². The van der Waals surface area contributed by atoms with Crippen molar-refractivity contribution in [3.05, 3.63) is 129 Å². The van der Waals surface area contributed by atoms with E-state index < -0.39 is 11.9 Å². The molecule has 0 N–H and O–H groups in total. The van der Waals surface area contributed by atoms with Gasteiger partial charge >= 0.3 is 6.09 Å². The van der Waals surface area contributed by atoms with Crippen LogP contribution in [0.4, 0.5) is 9.18 Å². The van der Waals surface area contributed by atoms with Gasteiger partial charge in [0, 0.05) is 12.1 Å². The first-order chi connectivity index (χ1) is 17.0. The van der Waals surface area contributed by atoms with Gasteiger partial charge in [0.25, 0.3) is 5.56 Å². The standard InChI is InChI=1S/C28H24FN3O3/c1-19-30-25-18-31(28(34)35-23-14-12-22(29)13-15-23)17-16-24(25)27(33)32(19)26(20-8-4-2-5-9-20)21-10-6-3-7-11-21/h2-15,26H,16-18H2,1H3. The first kappa shape index (κ1) is 22.5. The fourth-order valence-electron chi connectivity index (χ4n) is 4.51. The van der Waals surface area contributed by atoms with Gasteiger partial charge in [0.15, 0.2) is 0 Å². The lowest BCUT2D eigenvalue weighted by molar-refractivity contribution is 0.145. The summed E-state index contributed by atoms with van der Waals surface area (Å²) in [6, 6.07) is 24.7. The second-order valence-corrected chi connectivity index (χ2v) is 8.48. The number of fused-ring (bicyclic) bond motifs is 1. The highest BCUT2D eigenvalue weighted by Gasteiger charge is 2.29. The zero-order chi connectivity index (χ0) is 24.4. The van der Waals surface area contributed by atoms with E-state index in [0.717, 1.165) is 11.1 Å². The average molecular weight is 470 g/mol. The SMILES string of the molecule is Cc1nc2c(c(=O)n1C(c1ccccc1)c1ccccc1)CCN(C(=O)Oc1ccc(F)cc1)C2. The van der Waals surface area contributed by atoms with Crippen LogP contribution in [0, 0.1) is 12.7 Å². The number of hydrogen-bond acceptors (Lipinski definition) is 4. The minimum atomic E-state index is -0.558. The number of ether oxygens (including phenoxy) is 1. The molecule has 0 atom stereocenters. The average Bonchev–Trinajstić information content (AvgIpc) is 2.88. The quantitative estimate of drug-likeness (QED) is 0.427. The Morgan fingerprint density at radius 3 is 2.14 bits per heavy atom. The smallest absolute Gasteiger partial charge is 0.410 e. The van der Waals surface area contributed by atoms with E-state index in [1.807, 2.05) is 67.6 Å². The number of carbonyl (C=O) groups is 1. The van der Waals surface area contributed by atoms with Crippen LogP contribution in [0.1, 0.15) is 34.3 Å². The first-order valence-electron chi connectivity index (χ1n) is 11.4. The topological polar surface area (TPSA) is 64.4 Å². The summed E-state index contributed by atoms with van der Waals surface area (Å²) in [6.07, 6.45) is -0.187. The van der Waals surface area contributed by atoms with E-state index in [4.69, 9.17) is 9.72 Å². The van der Waals surface area contributed by atoms with E-state index in [0.29, 0.717) is 30.0 Å². The highest BCUT2D eigenvalue weighted by Crippen LogP contribution is 2.27. The maximum absolute atomic E-state index is 13.8. The van der Waals surface area contributed by atoms with Crippen molar-refractivity contribution in [3.63, 3.8) is 0 Å². The summed E-state index contributed by atoms with van der Waals surface area (Å²) in [6.45, 7) is 2.32. The minimum absolute atomic E-state index is 0.100. The lowest BCUT2D eigenvalue weighted by Crippen LogP contribution is -2.43. The molecule has 35 heavy (non-hydrogen) atoms. The van der Waals surface area contributed by atoms with Crippen molar-refractivity contribution in [2.75, 3.05) is 6.54 Å². The third-order valence-corrected chi connectivity index (χ3v) is 6.21. The molecule has 1 aliphatic rings. The van der Waals surface area contributed by atoms with Crippen LogP contribution in [0.3, 0.4) is 0 Å². The van der Waals surface area contributed by atoms with Crippen molar-refractivity contribution in [2.24, 2.45) is 0 Å². The summed E-state index contributed by atoms with van der Waals surface area (Å²) in [4.78, 5) is 32.7. The Morgan fingerprint density at radius 1 is 0.943 bits per heavy atom. The van der Waals surface area contributed by atoms with Gasteiger partial charge in [-0.05, 0) is 48.7 Å². The van der Waals surface area contributed by atoms with Crippen molar-refractivity contribution >= 4 is 6.09 Å². The number of rotatable bonds is 4. The molecule has 3 aromatic carbocycles. The molecule has 0 saturated carbocycles. The molecule has 0 unspecified atom stereocenters. The zero-order valence-electron chi connectivity index (χ0n) is 19.2. The summed E-state index contributed by atoms with van der Waals surface area (Å²) >= 11 is 0. The van der Waals surface area contributed by atoms with Crippen LogP contribution in [0.15, 0.2) is 89.7 Å². The van der Waals surface area contributed by atoms with Gasteiger partial charge in [-0.1, -0.05) is 60.7 Å². The van der Waals surface area contributed by atoms with Crippen molar-refractivity contribution < 1.29 is 13.9 Å². The van der Waals surface area contributed by atoms with Gasteiger partial charge < -0.3 is 9.64 Å². The lowest BCUT2D eigenvalue weighted by atomic mass is 9.97. The van der Waals surface area contributed by atoms with Crippen LogP contribution in [0.2, 0.25) is 0 Å². The van der Waals surface area contributed by atoms with Crippen LogP contribution in [0.25, 0.3) is 0 Å². The van der Waals surface area contributed by atoms with Gasteiger partial charge in [0.05, 0.1) is 18.3 Å². The summed E-state index contributed by atoms with van der Waals surface area (Å²) in [7, 11) is 0. The van der Waals surface area contributed by atoms with Gasteiger partial charge in [-0.15, -0.1) is 0 Å². The number of halogens is 1. The Bertz CT molecular complexity index is 1360. The number of carbonyl (C=O) groups excluding carboxylic acids is 1. The summed E-state index contributed by atoms with van der Waals surface area (Å²) < 4.78 is 20.3. The van der Waals surface area contributed by atoms with Crippen molar-refractivity contribution in [3.8, 4) is 5.75 Å². The fraction of sp³-hybridized carbons (Fsp3) is 0.179. The molecule has 0 fully saturated rings. The van der Waals surface area contributed by atoms with E-state index in [1.165, 1.54) is 29.2 Å². The first-order valence-corrected chi connectivity index (χ1v) is 11.4. The molecule has 4 aromatic rings. The Morgan fingerprint density at radius 2 is 1.54 bits per heavy atom. The molecule has 0 aliphatic carbocycles. The number of nitrogens with zero attached hydrogens (tertiary/aromatic N) is 3. The van der Waals surface area contributed by atoms with Crippen molar-refractivity contribution in [1.82, 2.24) is 14.5 Å². The molecule has 0 saturated heterocycles. The second-order valence-electron chi connectivity index (χ2n) is 8.48. The van der Waals surface area contributed by atoms with Crippen molar-refractivity contribution in [2.45, 2.75) is 25.9 Å². The van der Waals surface area contributed by atoms with Crippen molar-refractivity contribution in [1.29, 1.82) is 0 Å². The van der Waals surface area contributed by atoms with Gasteiger partial charge in [-0.25, -0.2) is 14.2 Å². The van der Waals surface area contributed by atoms with Gasteiger partial charge in [-0.2, -0.15) is 0 Å². The highest BCUT2D eigenvalue weighted by molar-refractivity contribution is 5.71.